The Morgan fingerprint density at radius 1 is 0.204 bits per heavy atom. The summed E-state index contributed by atoms with van der Waals surface area (Å²) in [6.07, 6.45) is 3.58. The molecule has 0 amide bonds. The molecule has 0 aliphatic carbocycles. The monoisotopic (exact) mass is 1260 g/mol. The van der Waals surface area contributed by atoms with Gasteiger partial charge in [0.05, 0.1) is 33.8 Å². The first-order chi connectivity index (χ1) is 48.6. The number of hydrogen-bond donors (Lipinski definition) is 0. The summed E-state index contributed by atoms with van der Waals surface area (Å²) in [4.78, 5) is 24.0. The molecule has 10 heteroatoms. The van der Waals surface area contributed by atoms with E-state index in [1.165, 1.54) is 0 Å². The molecule has 0 spiro atoms. The molecule has 0 saturated carbocycles. The third-order valence-electron chi connectivity index (χ3n) is 18.3. The lowest BCUT2D eigenvalue weighted by atomic mass is 9.97. The zero-order chi connectivity index (χ0) is 64.9. The van der Waals surface area contributed by atoms with Crippen LogP contribution in [0.3, 0.4) is 0 Å². The predicted octanol–water partition coefficient (Wildman–Crippen LogP) is 25.0. The fourth-order valence-corrected chi connectivity index (χ4v) is 14.0. The number of fused-ring (bicyclic) bond motifs is 10. The van der Waals surface area contributed by atoms with Crippen LogP contribution in [0.25, 0.3) is 32.6 Å². The lowest BCUT2D eigenvalue weighted by molar-refractivity contribution is 0.477. The van der Waals surface area contributed by atoms with Crippen molar-refractivity contribution < 1.29 is 9.47 Å². The molecule has 2 aliphatic rings. The average molecular weight is 1260 g/mol. The van der Waals surface area contributed by atoms with E-state index >= 15 is 0 Å². The zero-order valence-electron chi connectivity index (χ0n) is 53.0. The van der Waals surface area contributed by atoms with Crippen LogP contribution in [0, 0.1) is 0 Å². The van der Waals surface area contributed by atoms with Crippen LogP contribution in [0.5, 0.6) is 23.0 Å². The van der Waals surface area contributed by atoms with E-state index in [0.717, 1.165) is 135 Å². The van der Waals surface area contributed by atoms with Gasteiger partial charge < -0.3 is 38.9 Å². The fourth-order valence-electron chi connectivity index (χ4n) is 14.0. The van der Waals surface area contributed by atoms with E-state index in [-0.39, 0.29) is 0 Å². The molecular formula is C88H60N8O2. The molecule has 16 aromatic rings. The van der Waals surface area contributed by atoms with Crippen LogP contribution < -0.4 is 38.9 Å². The number of nitrogens with zero attached hydrogens (tertiary/aromatic N) is 8. The molecule has 0 atom stereocenters. The van der Waals surface area contributed by atoms with E-state index in [9.17, 15) is 0 Å². The van der Waals surface area contributed by atoms with Crippen molar-refractivity contribution in [3.05, 3.63) is 364 Å². The maximum atomic E-state index is 7.31. The average Bonchev–Trinajstić information content (AvgIpc) is 0.731. The van der Waals surface area contributed by atoms with Crippen LogP contribution in [-0.2, 0) is 0 Å². The van der Waals surface area contributed by atoms with Gasteiger partial charge in [-0.15, -0.1) is 0 Å². The van der Waals surface area contributed by atoms with Crippen molar-refractivity contribution in [3.8, 4) is 23.0 Å². The molecule has 0 radical (unpaired) electrons. The molecular weight excluding hydrogens is 1200 g/mol. The second-order valence-electron chi connectivity index (χ2n) is 24.2. The number of para-hydroxylation sites is 8. The second kappa shape index (κ2) is 24.5. The van der Waals surface area contributed by atoms with Gasteiger partial charge in [0, 0.05) is 127 Å². The molecule has 15 aromatic carbocycles. The molecule has 0 saturated heterocycles. The minimum atomic E-state index is 0.703. The van der Waals surface area contributed by atoms with Gasteiger partial charge >= 0.3 is 0 Å². The highest BCUT2D eigenvalue weighted by Crippen LogP contribution is 2.57. The topological polar surface area (TPSA) is 63.7 Å². The van der Waals surface area contributed by atoms with Crippen molar-refractivity contribution in [3.63, 3.8) is 0 Å². The zero-order valence-corrected chi connectivity index (χ0v) is 53.0. The number of hydrogen-bond acceptors (Lipinski definition) is 10. The molecule has 3 heterocycles. The van der Waals surface area contributed by atoms with Gasteiger partial charge in [-0.3, -0.25) is 9.97 Å². The van der Waals surface area contributed by atoms with Gasteiger partial charge in [-0.05, 0) is 181 Å². The normalized spacial score (nSPS) is 12.0. The summed E-state index contributed by atoms with van der Waals surface area (Å²) in [6, 6.07) is 124. The van der Waals surface area contributed by atoms with E-state index in [4.69, 9.17) is 19.4 Å². The number of aromatic nitrogens is 2. The third-order valence-corrected chi connectivity index (χ3v) is 18.3. The molecule has 0 fully saturated rings. The van der Waals surface area contributed by atoms with Crippen LogP contribution in [0.4, 0.5) is 102 Å². The summed E-state index contributed by atoms with van der Waals surface area (Å²) in [6.45, 7) is 0. The maximum Gasteiger partial charge on any atom is 0.153 e. The molecule has 0 unspecified atom stereocenters. The summed E-state index contributed by atoms with van der Waals surface area (Å²) in [5.74, 6) is 2.81. The van der Waals surface area contributed by atoms with Crippen molar-refractivity contribution in [2.45, 2.75) is 0 Å². The summed E-state index contributed by atoms with van der Waals surface area (Å²) in [5.41, 5.74) is 19.1. The first-order valence-corrected chi connectivity index (χ1v) is 32.9. The van der Waals surface area contributed by atoms with Crippen LogP contribution in [0.15, 0.2) is 364 Å². The Bertz CT molecular complexity index is 4830. The van der Waals surface area contributed by atoms with E-state index in [2.05, 4.69) is 381 Å². The van der Waals surface area contributed by atoms with E-state index in [1.807, 2.05) is 0 Å². The Hall–Kier alpha value is -13.4. The smallest absolute Gasteiger partial charge is 0.153 e. The van der Waals surface area contributed by atoms with Gasteiger partial charge in [-0.25, -0.2) is 0 Å². The molecule has 18 rings (SSSR count). The molecule has 0 N–H and O–H groups in total. The first kappa shape index (κ1) is 57.2. The maximum absolute atomic E-state index is 7.31. The van der Waals surface area contributed by atoms with Gasteiger partial charge in [-0.2, -0.15) is 0 Å². The number of benzene rings is 15. The number of anilines is 18. The second-order valence-corrected chi connectivity index (χ2v) is 24.2. The Balaban J connectivity index is 0.832. The van der Waals surface area contributed by atoms with Gasteiger partial charge in [0.2, 0.25) is 0 Å². The SMILES string of the molecule is c1ccc(N(c2ccccc2)c2ccc3c(c2)Oc2cc(N(c4ccccc4)c4ccccc4)ccc2N3c2ccc3c(c2)c2cc(N4c5ccc(N(c6ccccc6)c6ccccc6)cc5Oc5cc(N(c6ccccc6)c6ccccc6)ccc54)ccc2c2nccnc32)cc1. The van der Waals surface area contributed by atoms with Gasteiger partial charge in [0.1, 0.15) is 0 Å². The largest absolute Gasteiger partial charge is 0.453 e. The molecule has 2 aliphatic heterocycles. The highest BCUT2D eigenvalue weighted by molar-refractivity contribution is 6.24. The minimum Gasteiger partial charge on any atom is -0.453 e. The fraction of sp³-hybridized carbons (Fsp3) is 0. The Kier molecular flexibility index (Phi) is 14.3. The highest BCUT2D eigenvalue weighted by atomic mass is 16.5. The molecule has 464 valence electrons. The Morgan fingerprint density at radius 2 is 0.429 bits per heavy atom. The van der Waals surface area contributed by atoms with Gasteiger partial charge in [-0.1, -0.05) is 158 Å². The van der Waals surface area contributed by atoms with Crippen molar-refractivity contribution in [2.75, 3.05) is 29.4 Å². The highest BCUT2D eigenvalue weighted by Gasteiger charge is 2.32. The van der Waals surface area contributed by atoms with Gasteiger partial charge in [0.25, 0.3) is 0 Å². The molecule has 0 bridgehead atoms. The molecule has 98 heavy (non-hydrogen) atoms. The lowest BCUT2D eigenvalue weighted by Gasteiger charge is -2.36. The van der Waals surface area contributed by atoms with E-state index in [1.54, 1.807) is 12.4 Å². The minimum absolute atomic E-state index is 0.703. The van der Waals surface area contributed by atoms with Crippen LogP contribution >= 0.6 is 0 Å². The standard InChI is InChI=1S/C88H60N8O2/c1-9-25-61(26-10-1)91(62-27-11-2-12-28-62)71-43-49-79-83(57-71)97-84-58-72(92(63-29-13-3-14-30-63)64-31-15-4-16-32-64)44-50-80(84)95(79)69-41-47-75-77(55-69)78-56-70(42-48-76(78)88-87(75)89-53-54-90-88)96-81-51-45-73(93(65-33-17-5-18-34-65)66-35-19-6-20-36-66)59-85(81)98-86-60-74(46-52-82(86)96)94(67-37-21-7-22-38-67)68-39-23-8-24-40-68/h1-60H. The van der Waals surface area contributed by atoms with Crippen molar-refractivity contribution in [1.29, 1.82) is 0 Å². The molecule has 10 nitrogen and oxygen atoms in total. The number of ether oxygens (including phenoxy) is 2. The van der Waals surface area contributed by atoms with Crippen molar-refractivity contribution >= 4 is 135 Å². The van der Waals surface area contributed by atoms with E-state index < -0.39 is 0 Å². The summed E-state index contributed by atoms with van der Waals surface area (Å²) in [7, 11) is 0. The third kappa shape index (κ3) is 10.2. The van der Waals surface area contributed by atoms with Crippen molar-refractivity contribution in [2.24, 2.45) is 0 Å². The number of rotatable bonds is 14. The lowest BCUT2D eigenvalue weighted by Crippen LogP contribution is -2.18. The first-order valence-electron chi connectivity index (χ1n) is 32.9. The van der Waals surface area contributed by atoms with Crippen LogP contribution in [0.2, 0.25) is 0 Å². The Labute approximate surface area is 567 Å². The van der Waals surface area contributed by atoms with Crippen LogP contribution in [-0.4, -0.2) is 9.97 Å². The summed E-state index contributed by atoms with van der Waals surface area (Å²) >= 11 is 0. The van der Waals surface area contributed by atoms with E-state index in [0.29, 0.717) is 23.0 Å². The summed E-state index contributed by atoms with van der Waals surface area (Å²) < 4.78 is 14.6. The van der Waals surface area contributed by atoms with Gasteiger partial charge in [0.15, 0.2) is 23.0 Å². The summed E-state index contributed by atoms with van der Waals surface area (Å²) in [5, 5.41) is 3.97. The molecule has 1 aromatic heterocycles. The quantitative estimate of drug-likeness (QED) is 0.0984. The van der Waals surface area contributed by atoms with Crippen LogP contribution in [0.1, 0.15) is 0 Å². The predicted molar refractivity (Wildman–Crippen MR) is 403 cm³/mol. The Morgan fingerprint density at radius 3 is 0.653 bits per heavy atom. The van der Waals surface area contributed by atoms with Crippen molar-refractivity contribution in [1.82, 2.24) is 9.97 Å².